The molecule has 2 saturated carbocycles. The van der Waals surface area contributed by atoms with Crippen LogP contribution in [0.25, 0.3) is 0 Å². The Kier molecular flexibility index (Phi) is 3.11. The van der Waals surface area contributed by atoms with Crippen LogP contribution >= 0.6 is 0 Å². The summed E-state index contributed by atoms with van der Waals surface area (Å²) in [6.45, 7) is 11.9. The van der Waals surface area contributed by atoms with Crippen molar-refractivity contribution in [3.63, 3.8) is 0 Å². The summed E-state index contributed by atoms with van der Waals surface area (Å²) in [4.78, 5) is 0. The zero-order valence-electron chi connectivity index (χ0n) is 12.1. The molecule has 2 aliphatic rings. The predicted molar refractivity (Wildman–Crippen MR) is 71.9 cm³/mol. The van der Waals surface area contributed by atoms with Crippen molar-refractivity contribution in [2.24, 2.45) is 16.7 Å². The molecule has 2 bridgehead atoms. The van der Waals surface area contributed by atoms with E-state index in [4.69, 9.17) is 0 Å². The molecule has 0 amide bonds. The zero-order chi connectivity index (χ0) is 12.9. The first-order chi connectivity index (χ1) is 7.71. The molecule has 2 aliphatic carbocycles. The van der Waals surface area contributed by atoms with Gasteiger partial charge in [-0.3, -0.25) is 0 Å². The monoisotopic (exact) mass is 239 g/mol. The van der Waals surface area contributed by atoms with Gasteiger partial charge in [-0.1, -0.05) is 27.7 Å². The third-order valence-electron chi connectivity index (χ3n) is 5.72. The van der Waals surface area contributed by atoms with Crippen LogP contribution in [0.4, 0.5) is 0 Å². The van der Waals surface area contributed by atoms with E-state index < -0.39 is 5.60 Å². The van der Waals surface area contributed by atoms with Gasteiger partial charge in [0.2, 0.25) is 0 Å². The maximum absolute atomic E-state index is 10.1. The van der Waals surface area contributed by atoms with Gasteiger partial charge in [-0.15, -0.1) is 0 Å². The quantitative estimate of drug-likeness (QED) is 0.790. The molecule has 0 saturated heterocycles. The standard InChI is InChI=1S/C15H29NO/c1-6-15(5,17)10-16-12-13(2,3)11-7-8-14(12,4)9-11/h11-12,16-17H,6-10H2,1-5H3. The highest BCUT2D eigenvalue weighted by molar-refractivity contribution is 5.12. The van der Waals surface area contributed by atoms with E-state index in [2.05, 4.69) is 33.0 Å². The second-order valence-corrected chi connectivity index (χ2v) is 7.58. The molecule has 17 heavy (non-hydrogen) atoms. The van der Waals surface area contributed by atoms with E-state index in [9.17, 15) is 5.11 Å². The number of hydrogen-bond acceptors (Lipinski definition) is 2. The number of nitrogens with one attached hydrogen (secondary N) is 1. The number of rotatable bonds is 4. The molecule has 0 radical (unpaired) electrons. The van der Waals surface area contributed by atoms with E-state index in [1.165, 1.54) is 19.3 Å². The van der Waals surface area contributed by atoms with Gasteiger partial charge in [-0.25, -0.2) is 0 Å². The van der Waals surface area contributed by atoms with Gasteiger partial charge < -0.3 is 10.4 Å². The minimum Gasteiger partial charge on any atom is -0.389 e. The highest BCUT2D eigenvalue weighted by Gasteiger charge is 2.59. The van der Waals surface area contributed by atoms with Crippen molar-refractivity contribution >= 4 is 0 Å². The Bertz CT molecular complexity index is 293. The molecule has 2 heteroatoms. The van der Waals surface area contributed by atoms with Crippen molar-refractivity contribution in [3.05, 3.63) is 0 Å². The third kappa shape index (κ3) is 2.15. The lowest BCUT2D eigenvalue weighted by atomic mass is 9.68. The molecule has 2 nitrogen and oxygen atoms in total. The highest BCUT2D eigenvalue weighted by Crippen LogP contribution is 2.62. The molecule has 100 valence electrons. The fourth-order valence-electron chi connectivity index (χ4n) is 4.26. The van der Waals surface area contributed by atoms with Crippen molar-refractivity contribution in [2.45, 2.75) is 71.9 Å². The van der Waals surface area contributed by atoms with Gasteiger partial charge in [0.05, 0.1) is 5.60 Å². The Morgan fingerprint density at radius 2 is 2.00 bits per heavy atom. The maximum Gasteiger partial charge on any atom is 0.0741 e. The summed E-state index contributed by atoms with van der Waals surface area (Å²) < 4.78 is 0. The largest absolute Gasteiger partial charge is 0.389 e. The number of aliphatic hydroxyl groups is 1. The molecule has 4 atom stereocenters. The molecular formula is C15H29NO. The van der Waals surface area contributed by atoms with Crippen LogP contribution in [0, 0.1) is 16.7 Å². The van der Waals surface area contributed by atoms with E-state index in [0.29, 0.717) is 16.9 Å². The Morgan fingerprint density at radius 3 is 2.47 bits per heavy atom. The molecule has 2 N–H and O–H groups in total. The van der Waals surface area contributed by atoms with E-state index >= 15 is 0 Å². The SMILES string of the molecule is CCC(C)(O)CNC1C2(C)CCC(C2)C1(C)C. The number of fused-ring (bicyclic) bond motifs is 2. The van der Waals surface area contributed by atoms with Crippen LogP contribution in [-0.2, 0) is 0 Å². The van der Waals surface area contributed by atoms with Crippen LogP contribution in [0.2, 0.25) is 0 Å². The van der Waals surface area contributed by atoms with Crippen LogP contribution in [-0.4, -0.2) is 23.3 Å². The van der Waals surface area contributed by atoms with Crippen LogP contribution in [0.5, 0.6) is 0 Å². The average Bonchev–Trinajstić information content (AvgIpc) is 2.68. The Morgan fingerprint density at radius 1 is 1.35 bits per heavy atom. The van der Waals surface area contributed by atoms with Crippen LogP contribution < -0.4 is 5.32 Å². The smallest absolute Gasteiger partial charge is 0.0741 e. The third-order valence-corrected chi connectivity index (χ3v) is 5.72. The first-order valence-electron chi connectivity index (χ1n) is 7.17. The minimum atomic E-state index is -0.561. The van der Waals surface area contributed by atoms with Gasteiger partial charge in [0.25, 0.3) is 0 Å². The van der Waals surface area contributed by atoms with Gasteiger partial charge in [0.1, 0.15) is 0 Å². The molecule has 4 unspecified atom stereocenters. The van der Waals surface area contributed by atoms with E-state index in [1.807, 2.05) is 6.92 Å². The lowest BCUT2D eigenvalue weighted by Gasteiger charge is -2.44. The minimum absolute atomic E-state index is 0.386. The summed E-state index contributed by atoms with van der Waals surface area (Å²) in [7, 11) is 0. The molecule has 0 aromatic carbocycles. The van der Waals surface area contributed by atoms with Gasteiger partial charge in [-0.2, -0.15) is 0 Å². The molecule has 0 aromatic heterocycles. The van der Waals surface area contributed by atoms with E-state index in [-0.39, 0.29) is 0 Å². The van der Waals surface area contributed by atoms with E-state index in [0.717, 1.165) is 18.9 Å². The fourth-order valence-corrected chi connectivity index (χ4v) is 4.26. The molecule has 0 aliphatic heterocycles. The summed E-state index contributed by atoms with van der Waals surface area (Å²) in [5.74, 6) is 0.872. The Labute approximate surface area is 106 Å². The topological polar surface area (TPSA) is 32.3 Å². The summed E-state index contributed by atoms with van der Waals surface area (Å²) in [6, 6.07) is 0.562. The summed E-state index contributed by atoms with van der Waals surface area (Å²) in [5, 5.41) is 13.8. The van der Waals surface area contributed by atoms with Crippen molar-refractivity contribution in [2.75, 3.05) is 6.54 Å². The molecule has 2 fully saturated rings. The van der Waals surface area contributed by atoms with Gasteiger partial charge in [0, 0.05) is 12.6 Å². The first kappa shape index (κ1) is 13.4. The maximum atomic E-state index is 10.1. The van der Waals surface area contributed by atoms with Crippen molar-refractivity contribution in [3.8, 4) is 0 Å². The predicted octanol–water partition coefficient (Wildman–Crippen LogP) is 2.95. The second-order valence-electron chi connectivity index (χ2n) is 7.58. The molecule has 0 heterocycles. The van der Waals surface area contributed by atoms with Crippen LogP contribution in [0.15, 0.2) is 0 Å². The van der Waals surface area contributed by atoms with Crippen molar-refractivity contribution in [1.82, 2.24) is 5.32 Å². The number of hydrogen-bond donors (Lipinski definition) is 2. The van der Waals surface area contributed by atoms with E-state index in [1.54, 1.807) is 0 Å². The lowest BCUT2D eigenvalue weighted by molar-refractivity contribution is 0.0312. The summed E-state index contributed by atoms with van der Waals surface area (Å²) in [6.07, 6.45) is 4.93. The molecular weight excluding hydrogens is 210 g/mol. The van der Waals surface area contributed by atoms with Crippen molar-refractivity contribution < 1.29 is 5.11 Å². The summed E-state index contributed by atoms with van der Waals surface area (Å²) in [5.41, 5.74) is 0.281. The highest BCUT2D eigenvalue weighted by atomic mass is 16.3. The zero-order valence-corrected chi connectivity index (χ0v) is 12.1. The van der Waals surface area contributed by atoms with Gasteiger partial charge in [0.15, 0.2) is 0 Å². The Hall–Kier alpha value is -0.0800. The normalized spacial score (nSPS) is 42.7. The van der Waals surface area contributed by atoms with Crippen LogP contribution in [0.3, 0.4) is 0 Å². The van der Waals surface area contributed by atoms with Crippen molar-refractivity contribution in [1.29, 1.82) is 0 Å². The first-order valence-corrected chi connectivity index (χ1v) is 7.17. The fraction of sp³-hybridized carbons (Fsp3) is 1.00. The molecule has 0 spiro atoms. The molecule has 2 rings (SSSR count). The van der Waals surface area contributed by atoms with Gasteiger partial charge >= 0.3 is 0 Å². The van der Waals surface area contributed by atoms with Crippen LogP contribution in [0.1, 0.15) is 60.3 Å². The average molecular weight is 239 g/mol. The summed E-state index contributed by atoms with van der Waals surface area (Å²) >= 11 is 0. The second kappa shape index (κ2) is 3.96. The molecule has 0 aromatic rings. The Balaban J connectivity index is 2.05. The lowest BCUT2D eigenvalue weighted by Crippen LogP contribution is -2.54. The van der Waals surface area contributed by atoms with Gasteiger partial charge in [-0.05, 0) is 49.4 Å².